The number of benzene rings is 1. The first-order valence-electron chi connectivity index (χ1n) is 7.39. The maximum atomic E-state index is 11.4. The van der Waals surface area contributed by atoms with E-state index in [1.807, 2.05) is 24.4 Å². The molecule has 3 rings (SSSR count). The topological polar surface area (TPSA) is 82.8 Å². The number of fused-ring (bicyclic) bond motifs is 1. The third kappa shape index (κ3) is 3.83. The van der Waals surface area contributed by atoms with Crippen LogP contribution in [0.25, 0.3) is 5.65 Å². The summed E-state index contributed by atoms with van der Waals surface area (Å²) in [6.45, 7) is 0.895. The highest BCUT2D eigenvalue weighted by atomic mass is 32.2. The van der Waals surface area contributed by atoms with Crippen LogP contribution in [0.1, 0.15) is 6.42 Å². The molecular formula is C16H17N3O4S. The minimum absolute atomic E-state index is 0.275. The highest BCUT2D eigenvalue weighted by molar-refractivity contribution is 7.90. The SMILES string of the molecule is CS(=O)(=O)c1ccc(OCCCOc2nnc3ccccn23)cc1. The van der Waals surface area contributed by atoms with Crippen LogP contribution in [0.4, 0.5) is 0 Å². The Morgan fingerprint density at radius 2 is 1.75 bits per heavy atom. The number of pyridine rings is 1. The van der Waals surface area contributed by atoms with Crippen molar-refractivity contribution in [3.05, 3.63) is 48.7 Å². The molecule has 0 aliphatic rings. The van der Waals surface area contributed by atoms with E-state index in [2.05, 4.69) is 10.2 Å². The number of hydrogen-bond acceptors (Lipinski definition) is 6. The van der Waals surface area contributed by atoms with E-state index in [4.69, 9.17) is 9.47 Å². The van der Waals surface area contributed by atoms with E-state index in [0.29, 0.717) is 31.4 Å². The molecule has 2 aromatic heterocycles. The summed E-state index contributed by atoms with van der Waals surface area (Å²) in [7, 11) is -3.18. The van der Waals surface area contributed by atoms with E-state index >= 15 is 0 Å². The van der Waals surface area contributed by atoms with Gasteiger partial charge >= 0.3 is 6.01 Å². The maximum absolute atomic E-state index is 11.4. The highest BCUT2D eigenvalue weighted by Crippen LogP contribution is 2.16. The normalized spacial score (nSPS) is 11.5. The lowest BCUT2D eigenvalue weighted by atomic mass is 10.3. The molecule has 3 aromatic rings. The molecule has 0 radical (unpaired) electrons. The molecule has 0 atom stereocenters. The molecule has 0 aliphatic heterocycles. The van der Waals surface area contributed by atoms with Gasteiger partial charge in [-0.15, -0.1) is 5.10 Å². The van der Waals surface area contributed by atoms with Crippen LogP contribution in [-0.2, 0) is 9.84 Å². The maximum Gasteiger partial charge on any atom is 0.321 e. The number of hydrogen-bond donors (Lipinski definition) is 0. The zero-order valence-corrected chi connectivity index (χ0v) is 13.9. The molecule has 0 fully saturated rings. The summed E-state index contributed by atoms with van der Waals surface area (Å²) in [5, 5.41) is 7.98. The third-order valence-electron chi connectivity index (χ3n) is 3.32. The van der Waals surface area contributed by atoms with Crippen molar-refractivity contribution in [1.82, 2.24) is 14.6 Å². The standard InChI is InChI=1S/C16H17N3O4S/c1-24(20,21)14-8-6-13(7-9-14)22-11-4-12-23-16-18-17-15-5-2-3-10-19(15)16/h2-3,5-10H,4,11-12H2,1H3. The van der Waals surface area contributed by atoms with Crippen molar-refractivity contribution in [1.29, 1.82) is 0 Å². The Hall–Kier alpha value is -2.61. The fraction of sp³-hybridized carbons (Fsp3) is 0.250. The Labute approximate surface area is 139 Å². The van der Waals surface area contributed by atoms with Gasteiger partial charge in [0.1, 0.15) is 5.75 Å². The van der Waals surface area contributed by atoms with Crippen LogP contribution in [0.5, 0.6) is 11.8 Å². The Kier molecular flexibility index (Phi) is 4.66. The van der Waals surface area contributed by atoms with E-state index in [-0.39, 0.29) is 4.90 Å². The Balaban J connectivity index is 1.46. The molecule has 0 bridgehead atoms. The number of nitrogens with zero attached hydrogens (tertiary/aromatic N) is 3. The van der Waals surface area contributed by atoms with E-state index < -0.39 is 9.84 Å². The highest BCUT2D eigenvalue weighted by Gasteiger charge is 2.07. The molecule has 0 saturated heterocycles. The number of sulfone groups is 1. The van der Waals surface area contributed by atoms with Crippen LogP contribution < -0.4 is 9.47 Å². The third-order valence-corrected chi connectivity index (χ3v) is 4.45. The Bertz CT molecular complexity index is 920. The van der Waals surface area contributed by atoms with Crippen molar-refractivity contribution in [3.8, 4) is 11.8 Å². The lowest BCUT2D eigenvalue weighted by Gasteiger charge is -2.07. The van der Waals surface area contributed by atoms with Gasteiger partial charge in [0.15, 0.2) is 15.5 Å². The van der Waals surface area contributed by atoms with Crippen LogP contribution in [-0.4, -0.2) is 42.5 Å². The first-order chi connectivity index (χ1) is 11.5. The van der Waals surface area contributed by atoms with Crippen LogP contribution in [0, 0.1) is 0 Å². The molecule has 0 N–H and O–H groups in total. The van der Waals surface area contributed by atoms with Crippen LogP contribution in [0.3, 0.4) is 0 Å². The summed E-state index contributed by atoms with van der Waals surface area (Å²) in [6, 6.07) is 12.4. The first kappa shape index (κ1) is 16.3. The van der Waals surface area contributed by atoms with Gasteiger partial charge in [0, 0.05) is 18.9 Å². The molecule has 1 aromatic carbocycles. The first-order valence-corrected chi connectivity index (χ1v) is 9.29. The quantitative estimate of drug-likeness (QED) is 0.608. The fourth-order valence-electron chi connectivity index (χ4n) is 2.11. The van der Waals surface area contributed by atoms with Crippen molar-refractivity contribution in [2.45, 2.75) is 11.3 Å². The number of ether oxygens (including phenoxy) is 2. The fourth-order valence-corrected chi connectivity index (χ4v) is 2.74. The minimum atomic E-state index is -3.18. The minimum Gasteiger partial charge on any atom is -0.493 e. The molecule has 0 spiro atoms. The summed E-state index contributed by atoms with van der Waals surface area (Å²) in [4.78, 5) is 0.275. The van der Waals surface area contributed by atoms with Gasteiger partial charge in [0.05, 0.1) is 18.1 Å². The second-order valence-electron chi connectivity index (χ2n) is 5.21. The van der Waals surface area contributed by atoms with Gasteiger partial charge in [0.2, 0.25) is 0 Å². The number of aromatic nitrogens is 3. The second-order valence-corrected chi connectivity index (χ2v) is 7.22. The zero-order valence-electron chi connectivity index (χ0n) is 13.1. The van der Waals surface area contributed by atoms with Gasteiger partial charge < -0.3 is 9.47 Å². The lowest BCUT2D eigenvalue weighted by molar-refractivity contribution is 0.234. The largest absolute Gasteiger partial charge is 0.493 e. The Morgan fingerprint density at radius 3 is 2.50 bits per heavy atom. The van der Waals surface area contributed by atoms with Crippen molar-refractivity contribution < 1.29 is 17.9 Å². The molecule has 2 heterocycles. The van der Waals surface area contributed by atoms with Gasteiger partial charge in [-0.2, -0.15) is 0 Å². The van der Waals surface area contributed by atoms with Crippen LogP contribution in [0.2, 0.25) is 0 Å². The Morgan fingerprint density at radius 1 is 1.00 bits per heavy atom. The number of rotatable bonds is 7. The molecule has 126 valence electrons. The van der Waals surface area contributed by atoms with Gasteiger partial charge in [0.25, 0.3) is 0 Å². The molecule has 0 amide bonds. The second kappa shape index (κ2) is 6.88. The van der Waals surface area contributed by atoms with E-state index in [1.165, 1.54) is 18.4 Å². The summed E-state index contributed by atoms with van der Waals surface area (Å²) in [5.41, 5.74) is 0.731. The summed E-state index contributed by atoms with van der Waals surface area (Å²) in [5.74, 6) is 0.621. The molecule has 0 saturated carbocycles. The van der Waals surface area contributed by atoms with Crippen molar-refractivity contribution in [3.63, 3.8) is 0 Å². The summed E-state index contributed by atoms with van der Waals surface area (Å²) >= 11 is 0. The predicted molar refractivity (Wildman–Crippen MR) is 88.1 cm³/mol. The molecule has 24 heavy (non-hydrogen) atoms. The van der Waals surface area contributed by atoms with Gasteiger partial charge in [-0.1, -0.05) is 11.2 Å². The molecular weight excluding hydrogens is 330 g/mol. The summed E-state index contributed by atoms with van der Waals surface area (Å²) in [6.07, 6.45) is 3.68. The molecule has 7 nitrogen and oxygen atoms in total. The van der Waals surface area contributed by atoms with Gasteiger partial charge in [-0.25, -0.2) is 8.42 Å². The monoisotopic (exact) mass is 347 g/mol. The van der Waals surface area contributed by atoms with E-state index in [0.717, 1.165) is 5.65 Å². The van der Waals surface area contributed by atoms with Crippen molar-refractivity contribution in [2.24, 2.45) is 0 Å². The van der Waals surface area contributed by atoms with E-state index in [1.54, 1.807) is 16.5 Å². The lowest BCUT2D eigenvalue weighted by Crippen LogP contribution is -2.06. The van der Waals surface area contributed by atoms with E-state index in [9.17, 15) is 8.42 Å². The smallest absolute Gasteiger partial charge is 0.321 e. The van der Waals surface area contributed by atoms with Crippen LogP contribution >= 0.6 is 0 Å². The van der Waals surface area contributed by atoms with Crippen LogP contribution in [0.15, 0.2) is 53.6 Å². The average molecular weight is 347 g/mol. The summed E-state index contributed by atoms with van der Waals surface area (Å²) < 4.78 is 35.7. The molecule has 8 heteroatoms. The zero-order chi connectivity index (χ0) is 17.0. The average Bonchev–Trinajstić information content (AvgIpc) is 2.97. The van der Waals surface area contributed by atoms with Crippen molar-refractivity contribution in [2.75, 3.05) is 19.5 Å². The van der Waals surface area contributed by atoms with Gasteiger partial charge in [-0.05, 0) is 36.4 Å². The molecule has 0 unspecified atom stereocenters. The van der Waals surface area contributed by atoms with Crippen molar-refractivity contribution >= 4 is 15.5 Å². The predicted octanol–water partition coefficient (Wildman–Crippen LogP) is 1.98. The van der Waals surface area contributed by atoms with Gasteiger partial charge in [-0.3, -0.25) is 4.40 Å². The molecule has 0 aliphatic carbocycles.